The molecule has 2 aromatic heterocycles. The van der Waals surface area contributed by atoms with Crippen LogP contribution in [0.3, 0.4) is 0 Å². The Kier molecular flexibility index (Phi) is 9.20. The van der Waals surface area contributed by atoms with Gasteiger partial charge in [-0.15, -0.1) is 0 Å². The van der Waals surface area contributed by atoms with Crippen LogP contribution in [0, 0.1) is 0 Å². The number of nitrogen functional groups attached to an aromatic ring is 1. The van der Waals surface area contributed by atoms with E-state index in [1.54, 1.807) is 4.57 Å². The van der Waals surface area contributed by atoms with Crippen molar-refractivity contribution >= 4 is 23.1 Å². The fourth-order valence-electron chi connectivity index (χ4n) is 3.38. The van der Waals surface area contributed by atoms with E-state index in [1.807, 2.05) is 0 Å². The molecule has 1 aliphatic heterocycles. The second-order valence-corrected chi connectivity index (χ2v) is 6.80. The SMILES string of the molecule is NCCCCN(CCN)C[C@H]1O[C@@H](n2cnc3c(N)ncnc32)[C@H](O)[C@@H]1O.O=C=O. The van der Waals surface area contributed by atoms with Gasteiger partial charge in [0.05, 0.1) is 6.33 Å². The van der Waals surface area contributed by atoms with Gasteiger partial charge in [-0.05, 0) is 25.9 Å². The lowest BCUT2D eigenvalue weighted by Crippen LogP contribution is -2.42. The zero-order valence-corrected chi connectivity index (χ0v) is 16.5. The smallest absolute Gasteiger partial charge is 0.373 e. The summed E-state index contributed by atoms with van der Waals surface area (Å²) >= 11 is 0. The monoisotopic (exact) mass is 424 g/mol. The molecule has 3 heterocycles. The van der Waals surface area contributed by atoms with Gasteiger partial charge < -0.3 is 32.2 Å². The molecule has 8 N–H and O–H groups in total. The number of aliphatic hydroxyl groups is 2. The van der Waals surface area contributed by atoms with E-state index in [2.05, 4.69) is 19.9 Å². The number of aliphatic hydroxyl groups excluding tert-OH is 2. The molecule has 0 aliphatic carbocycles. The molecule has 2 aromatic rings. The topological polar surface area (TPSA) is 209 Å². The van der Waals surface area contributed by atoms with E-state index in [0.717, 1.165) is 19.4 Å². The van der Waals surface area contributed by atoms with Gasteiger partial charge in [-0.3, -0.25) is 9.47 Å². The second-order valence-electron chi connectivity index (χ2n) is 6.80. The van der Waals surface area contributed by atoms with Crippen molar-refractivity contribution in [2.45, 2.75) is 37.4 Å². The largest absolute Gasteiger partial charge is 0.387 e. The number of ether oxygens (including phenoxy) is 1. The zero-order chi connectivity index (χ0) is 22.1. The highest BCUT2D eigenvalue weighted by atomic mass is 16.6. The first-order valence-corrected chi connectivity index (χ1v) is 9.54. The molecule has 1 fully saturated rings. The van der Waals surface area contributed by atoms with Gasteiger partial charge >= 0.3 is 6.15 Å². The first kappa shape index (κ1) is 23.8. The first-order valence-electron chi connectivity index (χ1n) is 9.54. The van der Waals surface area contributed by atoms with Crippen LogP contribution in [0.15, 0.2) is 12.7 Å². The lowest BCUT2D eigenvalue weighted by atomic mass is 10.1. The van der Waals surface area contributed by atoms with Gasteiger partial charge in [-0.2, -0.15) is 9.59 Å². The highest BCUT2D eigenvalue weighted by Crippen LogP contribution is 2.32. The Hall–Kier alpha value is -2.51. The molecule has 13 heteroatoms. The summed E-state index contributed by atoms with van der Waals surface area (Å²) in [6, 6.07) is 0. The maximum Gasteiger partial charge on any atom is 0.373 e. The van der Waals surface area contributed by atoms with E-state index in [1.165, 1.54) is 12.7 Å². The number of nitrogens with two attached hydrogens (primary N) is 3. The lowest BCUT2D eigenvalue weighted by Gasteiger charge is -2.26. The van der Waals surface area contributed by atoms with Gasteiger partial charge in [0.1, 0.15) is 30.2 Å². The van der Waals surface area contributed by atoms with Gasteiger partial charge in [0.25, 0.3) is 0 Å². The van der Waals surface area contributed by atoms with Gasteiger partial charge in [0.15, 0.2) is 17.7 Å². The summed E-state index contributed by atoms with van der Waals surface area (Å²) in [4.78, 5) is 30.6. The van der Waals surface area contributed by atoms with Crippen LogP contribution in [-0.2, 0) is 14.3 Å². The number of anilines is 1. The minimum Gasteiger partial charge on any atom is -0.387 e. The third-order valence-corrected chi connectivity index (χ3v) is 4.81. The number of unbranched alkanes of at least 4 members (excludes halogenated alkanes) is 1. The predicted octanol–water partition coefficient (Wildman–Crippen LogP) is -2.56. The third kappa shape index (κ3) is 5.55. The quantitative estimate of drug-likeness (QED) is 0.263. The molecule has 13 nitrogen and oxygen atoms in total. The van der Waals surface area contributed by atoms with Crippen molar-refractivity contribution in [2.75, 3.05) is 38.5 Å². The summed E-state index contributed by atoms with van der Waals surface area (Å²) in [6.07, 6.45) is 1.38. The summed E-state index contributed by atoms with van der Waals surface area (Å²) in [6.45, 7) is 3.08. The Morgan fingerprint density at radius 2 is 1.83 bits per heavy atom. The van der Waals surface area contributed by atoms with Crippen molar-refractivity contribution in [3.8, 4) is 0 Å². The highest BCUT2D eigenvalue weighted by molar-refractivity contribution is 5.81. The maximum atomic E-state index is 10.5. The van der Waals surface area contributed by atoms with Crippen molar-refractivity contribution in [2.24, 2.45) is 11.5 Å². The Morgan fingerprint density at radius 1 is 1.10 bits per heavy atom. The average molecular weight is 424 g/mol. The summed E-state index contributed by atoms with van der Waals surface area (Å²) in [5.41, 5.74) is 17.9. The molecule has 0 radical (unpaired) electrons. The molecule has 0 spiro atoms. The summed E-state index contributed by atoms with van der Waals surface area (Å²) in [5.74, 6) is 0.248. The summed E-state index contributed by atoms with van der Waals surface area (Å²) < 4.78 is 7.55. The number of nitrogens with zero attached hydrogens (tertiary/aromatic N) is 5. The zero-order valence-electron chi connectivity index (χ0n) is 16.5. The van der Waals surface area contributed by atoms with E-state index in [-0.39, 0.29) is 12.0 Å². The minimum absolute atomic E-state index is 0.248. The minimum atomic E-state index is -1.12. The number of fused-ring (bicyclic) bond motifs is 1. The highest BCUT2D eigenvalue weighted by Gasteiger charge is 2.44. The Morgan fingerprint density at radius 3 is 2.50 bits per heavy atom. The summed E-state index contributed by atoms with van der Waals surface area (Å²) in [5, 5.41) is 21.0. The molecule has 1 saturated heterocycles. The molecule has 0 aromatic carbocycles. The average Bonchev–Trinajstić information content (AvgIpc) is 3.26. The van der Waals surface area contributed by atoms with Gasteiger partial charge in [-0.1, -0.05) is 0 Å². The van der Waals surface area contributed by atoms with Crippen LogP contribution in [-0.4, -0.2) is 91.8 Å². The maximum absolute atomic E-state index is 10.5. The number of aromatic nitrogens is 4. The van der Waals surface area contributed by atoms with Crippen LogP contribution in [0.5, 0.6) is 0 Å². The molecular formula is C17H28N8O5. The van der Waals surface area contributed by atoms with E-state index in [9.17, 15) is 10.2 Å². The standard InChI is InChI=1S/C16H28N8O3.CO2/c17-3-1-2-5-23(6-4-18)7-10-12(25)13(26)16(27-10)24-9-22-11-14(19)20-8-21-15(11)24;2-1-3/h8-10,12-13,16,25-26H,1-7,17-18H2,(H2,19,20,21);/t10-,12-,13-,16-;/m1./s1. The third-order valence-electron chi connectivity index (χ3n) is 4.81. The van der Waals surface area contributed by atoms with Gasteiger partial charge in [-0.25, -0.2) is 15.0 Å². The molecule has 166 valence electrons. The molecule has 0 bridgehead atoms. The van der Waals surface area contributed by atoms with Gasteiger partial charge in [0.2, 0.25) is 0 Å². The predicted molar refractivity (Wildman–Crippen MR) is 104 cm³/mol. The van der Waals surface area contributed by atoms with Crippen molar-refractivity contribution in [1.29, 1.82) is 0 Å². The Balaban J connectivity index is 0.00000101. The Bertz CT molecular complexity index is 828. The normalized spacial score (nSPS) is 23.4. The summed E-state index contributed by atoms with van der Waals surface area (Å²) in [7, 11) is 0. The fraction of sp³-hybridized carbons (Fsp3) is 0.647. The van der Waals surface area contributed by atoms with Crippen LogP contribution in [0.4, 0.5) is 5.82 Å². The molecule has 3 rings (SSSR count). The van der Waals surface area contributed by atoms with Gasteiger partial charge in [0, 0.05) is 19.6 Å². The molecule has 0 saturated carbocycles. The van der Waals surface area contributed by atoms with E-state index < -0.39 is 24.5 Å². The molecule has 1 aliphatic rings. The Labute approximate surface area is 172 Å². The van der Waals surface area contributed by atoms with Crippen LogP contribution in [0.25, 0.3) is 11.2 Å². The van der Waals surface area contributed by atoms with Crippen molar-refractivity contribution in [3.05, 3.63) is 12.7 Å². The number of hydrogen-bond acceptors (Lipinski definition) is 12. The van der Waals surface area contributed by atoms with Crippen molar-refractivity contribution < 1.29 is 24.5 Å². The number of hydrogen-bond donors (Lipinski definition) is 5. The second kappa shape index (κ2) is 11.6. The van der Waals surface area contributed by atoms with Crippen LogP contribution < -0.4 is 17.2 Å². The van der Waals surface area contributed by atoms with E-state index >= 15 is 0 Å². The number of carbonyl (C=O) groups excluding carboxylic acids is 2. The van der Waals surface area contributed by atoms with Crippen molar-refractivity contribution in [1.82, 2.24) is 24.4 Å². The molecule has 4 atom stereocenters. The molecule has 30 heavy (non-hydrogen) atoms. The molecule has 0 unspecified atom stereocenters. The fourth-order valence-corrected chi connectivity index (χ4v) is 3.38. The van der Waals surface area contributed by atoms with E-state index in [4.69, 9.17) is 31.5 Å². The van der Waals surface area contributed by atoms with Crippen molar-refractivity contribution in [3.63, 3.8) is 0 Å². The lowest BCUT2D eigenvalue weighted by molar-refractivity contribution is -0.191. The van der Waals surface area contributed by atoms with Crippen LogP contribution in [0.1, 0.15) is 19.1 Å². The number of imidazole rings is 1. The van der Waals surface area contributed by atoms with Crippen LogP contribution in [0.2, 0.25) is 0 Å². The van der Waals surface area contributed by atoms with E-state index in [0.29, 0.717) is 37.3 Å². The molecular weight excluding hydrogens is 396 g/mol. The molecule has 0 amide bonds. The van der Waals surface area contributed by atoms with Crippen LogP contribution >= 0.6 is 0 Å². The first-order chi connectivity index (χ1) is 14.5. The number of rotatable bonds is 9.